The Balaban J connectivity index is 1.90. The molecule has 3 aromatic rings. The fourth-order valence-corrected chi connectivity index (χ4v) is 3.72. The highest BCUT2D eigenvalue weighted by atomic mass is 16.5. The first-order valence-electron chi connectivity index (χ1n) is 9.25. The summed E-state index contributed by atoms with van der Waals surface area (Å²) >= 11 is 0. The Kier molecular flexibility index (Phi) is 4.67. The lowest BCUT2D eigenvalue weighted by molar-refractivity contribution is -0.115. The molecule has 0 radical (unpaired) electrons. The Morgan fingerprint density at radius 3 is 2.67 bits per heavy atom. The summed E-state index contributed by atoms with van der Waals surface area (Å²) in [7, 11) is 1.64. The van der Waals surface area contributed by atoms with Crippen LogP contribution >= 0.6 is 0 Å². The minimum Gasteiger partial charge on any atom is -0.497 e. The molecule has 4 rings (SSSR count). The molecule has 5 heteroatoms. The number of ether oxygens (including phenoxy) is 1. The Hall–Kier alpha value is -3.08. The number of imidazole rings is 1. The van der Waals surface area contributed by atoms with Crippen LogP contribution in [0.15, 0.2) is 60.8 Å². The molecule has 0 bridgehead atoms. The van der Waals surface area contributed by atoms with Crippen LogP contribution < -0.4 is 9.64 Å². The van der Waals surface area contributed by atoms with E-state index in [1.54, 1.807) is 18.9 Å². The Bertz CT molecular complexity index is 988. The van der Waals surface area contributed by atoms with Crippen molar-refractivity contribution in [3.8, 4) is 5.75 Å². The summed E-state index contributed by atoms with van der Waals surface area (Å²) in [5.74, 6) is 1.87. The van der Waals surface area contributed by atoms with E-state index >= 15 is 0 Å². The van der Waals surface area contributed by atoms with Crippen molar-refractivity contribution in [3.63, 3.8) is 0 Å². The van der Waals surface area contributed by atoms with Crippen molar-refractivity contribution in [2.24, 2.45) is 0 Å². The first kappa shape index (κ1) is 17.3. The molecule has 1 unspecified atom stereocenters. The van der Waals surface area contributed by atoms with E-state index in [1.165, 1.54) is 0 Å². The number of aromatic nitrogens is 2. The van der Waals surface area contributed by atoms with Crippen LogP contribution in [0.2, 0.25) is 0 Å². The Morgan fingerprint density at radius 2 is 2.00 bits per heavy atom. The van der Waals surface area contributed by atoms with Crippen LogP contribution in [0.3, 0.4) is 0 Å². The highest BCUT2D eigenvalue weighted by Gasteiger charge is 2.28. The van der Waals surface area contributed by atoms with Crippen molar-refractivity contribution in [1.29, 1.82) is 0 Å². The summed E-state index contributed by atoms with van der Waals surface area (Å²) in [5.41, 5.74) is 2.65. The zero-order valence-electron chi connectivity index (χ0n) is 15.6. The number of benzene rings is 1. The molecule has 0 saturated heterocycles. The lowest BCUT2D eigenvalue weighted by atomic mass is 9.91. The molecular formula is C22H23N3O2. The van der Waals surface area contributed by atoms with Gasteiger partial charge in [-0.2, -0.15) is 0 Å². The minimum absolute atomic E-state index is 0.0431. The van der Waals surface area contributed by atoms with Crippen LogP contribution in [-0.2, 0) is 4.79 Å². The normalized spacial score (nSPS) is 16.4. The van der Waals surface area contributed by atoms with Gasteiger partial charge in [0.05, 0.1) is 18.5 Å². The molecule has 2 heterocycles. The smallest absolute Gasteiger partial charge is 0.229 e. The van der Waals surface area contributed by atoms with Crippen molar-refractivity contribution in [2.45, 2.75) is 32.1 Å². The Labute approximate surface area is 158 Å². The number of nitrogens with zero attached hydrogens (tertiary/aromatic N) is 3. The molecule has 1 aliphatic rings. The lowest BCUT2D eigenvalue weighted by Gasteiger charge is -2.25. The van der Waals surface area contributed by atoms with Gasteiger partial charge in [0.25, 0.3) is 0 Å². The molecule has 0 aliphatic heterocycles. The van der Waals surface area contributed by atoms with Crippen molar-refractivity contribution in [3.05, 3.63) is 66.5 Å². The number of anilines is 2. The van der Waals surface area contributed by atoms with Crippen molar-refractivity contribution >= 4 is 23.1 Å². The van der Waals surface area contributed by atoms with E-state index in [0.717, 1.165) is 47.9 Å². The van der Waals surface area contributed by atoms with E-state index in [9.17, 15) is 4.79 Å². The van der Waals surface area contributed by atoms with Crippen molar-refractivity contribution < 1.29 is 9.53 Å². The van der Waals surface area contributed by atoms with Gasteiger partial charge in [0.2, 0.25) is 5.91 Å². The van der Waals surface area contributed by atoms with E-state index in [0.29, 0.717) is 5.92 Å². The van der Waals surface area contributed by atoms with Gasteiger partial charge >= 0.3 is 0 Å². The fraction of sp³-hybridized carbons (Fsp3) is 0.273. The molecule has 1 atom stereocenters. The van der Waals surface area contributed by atoms with E-state index in [4.69, 9.17) is 9.72 Å². The van der Waals surface area contributed by atoms with E-state index in [1.807, 2.05) is 53.1 Å². The summed E-state index contributed by atoms with van der Waals surface area (Å²) < 4.78 is 7.27. The second kappa shape index (κ2) is 7.27. The molecule has 0 N–H and O–H groups in total. The minimum atomic E-state index is -0.0431. The van der Waals surface area contributed by atoms with Crippen LogP contribution in [0.1, 0.15) is 37.8 Å². The van der Waals surface area contributed by atoms with Crippen LogP contribution in [0.4, 0.5) is 11.5 Å². The number of carbonyl (C=O) groups is 1. The number of hydrogen-bond acceptors (Lipinski definition) is 3. The fourth-order valence-electron chi connectivity index (χ4n) is 3.72. The molecule has 27 heavy (non-hydrogen) atoms. The standard InChI is InChI=1S/C22H23N3O2/c1-16(26)25(18-11-13-19(27-2)14-12-18)22-21(17-8-4-3-5-9-17)23-20-10-6-7-15-24(20)22/h3-4,6-7,10-15,17H,5,8-9H2,1-2H3. The molecule has 1 aromatic carbocycles. The number of hydrogen-bond donors (Lipinski definition) is 0. The zero-order chi connectivity index (χ0) is 18.8. The van der Waals surface area contributed by atoms with Crippen LogP contribution in [0.25, 0.3) is 5.65 Å². The summed E-state index contributed by atoms with van der Waals surface area (Å²) in [4.78, 5) is 19.4. The molecule has 5 nitrogen and oxygen atoms in total. The highest BCUT2D eigenvalue weighted by molar-refractivity contribution is 5.99. The maximum absolute atomic E-state index is 12.7. The van der Waals surface area contributed by atoms with Gasteiger partial charge in [-0.15, -0.1) is 0 Å². The molecule has 0 saturated carbocycles. The number of allylic oxidation sites excluding steroid dienone is 2. The van der Waals surface area contributed by atoms with Gasteiger partial charge in [-0.3, -0.25) is 14.1 Å². The number of amides is 1. The number of carbonyl (C=O) groups excluding carboxylic acids is 1. The summed E-state index contributed by atoms with van der Waals surface area (Å²) in [6.45, 7) is 1.59. The summed E-state index contributed by atoms with van der Waals surface area (Å²) in [6.07, 6.45) is 9.44. The third kappa shape index (κ3) is 3.21. The second-order valence-corrected chi connectivity index (χ2v) is 6.78. The van der Waals surface area contributed by atoms with E-state index in [-0.39, 0.29) is 5.91 Å². The lowest BCUT2D eigenvalue weighted by Crippen LogP contribution is -2.26. The van der Waals surface area contributed by atoms with Crippen molar-refractivity contribution in [2.75, 3.05) is 12.0 Å². The molecular weight excluding hydrogens is 338 g/mol. The van der Waals surface area contributed by atoms with Gasteiger partial charge in [-0.05, 0) is 55.7 Å². The number of pyridine rings is 1. The average Bonchev–Trinajstić information content (AvgIpc) is 3.08. The maximum atomic E-state index is 12.7. The van der Waals surface area contributed by atoms with Crippen molar-refractivity contribution in [1.82, 2.24) is 9.38 Å². The van der Waals surface area contributed by atoms with Crippen LogP contribution in [0, 0.1) is 0 Å². The number of rotatable bonds is 4. The van der Waals surface area contributed by atoms with Crippen LogP contribution in [-0.4, -0.2) is 22.4 Å². The van der Waals surface area contributed by atoms with Gasteiger partial charge in [-0.1, -0.05) is 18.2 Å². The maximum Gasteiger partial charge on any atom is 0.229 e. The molecule has 0 spiro atoms. The number of fused-ring (bicyclic) bond motifs is 1. The molecule has 138 valence electrons. The quantitative estimate of drug-likeness (QED) is 0.624. The SMILES string of the molecule is COc1ccc(N(C(C)=O)c2c(C3CC=CCC3)nc3ccccn23)cc1. The largest absolute Gasteiger partial charge is 0.497 e. The predicted octanol–water partition coefficient (Wildman–Crippen LogP) is 4.85. The van der Waals surface area contributed by atoms with Crippen LogP contribution in [0.5, 0.6) is 5.75 Å². The van der Waals surface area contributed by atoms with Gasteiger partial charge in [-0.25, -0.2) is 4.98 Å². The first-order valence-corrected chi connectivity index (χ1v) is 9.25. The molecule has 0 fully saturated rings. The molecule has 2 aromatic heterocycles. The number of methoxy groups -OCH3 is 1. The topological polar surface area (TPSA) is 46.8 Å². The van der Waals surface area contributed by atoms with Gasteiger partial charge < -0.3 is 4.74 Å². The predicted molar refractivity (Wildman–Crippen MR) is 107 cm³/mol. The third-order valence-corrected chi connectivity index (χ3v) is 5.04. The first-order chi connectivity index (χ1) is 13.2. The van der Waals surface area contributed by atoms with E-state index < -0.39 is 0 Å². The van der Waals surface area contributed by atoms with Gasteiger partial charge in [0.1, 0.15) is 17.2 Å². The van der Waals surface area contributed by atoms with Gasteiger partial charge in [0.15, 0.2) is 0 Å². The summed E-state index contributed by atoms with van der Waals surface area (Å²) in [6, 6.07) is 13.5. The molecule has 1 amide bonds. The van der Waals surface area contributed by atoms with E-state index in [2.05, 4.69) is 12.2 Å². The third-order valence-electron chi connectivity index (χ3n) is 5.04. The average molecular weight is 361 g/mol. The monoisotopic (exact) mass is 361 g/mol. The summed E-state index contributed by atoms with van der Waals surface area (Å²) in [5, 5.41) is 0. The highest BCUT2D eigenvalue weighted by Crippen LogP contribution is 2.38. The zero-order valence-corrected chi connectivity index (χ0v) is 15.6. The van der Waals surface area contributed by atoms with Gasteiger partial charge in [0, 0.05) is 19.0 Å². The molecule has 1 aliphatic carbocycles. The second-order valence-electron chi connectivity index (χ2n) is 6.78. The Morgan fingerprint density at radius 1 is 1.19 bits per heavy atom.